The molecule has 0 radical (unpaired) electrons. The Morgan fingerprint density at radius 3 is 3.00 bits per heavy atom. The second-order valence-electron chi connectivity index (χ2n) is 7.29. The molecule has 140 valence electrons. The van der Waals surface area contributed by atoms with E-state index in [1.807, 2.05) is 12.1 Å². The number of nitrogens with two attached hydrogens (primary N) is 2. The number of hydrogen-bond donors (Lipinski definition) is 4. The smallest absolute Gasteiger partial charge is 0.147 e. The highest BCUT2D eigenvalue weighted by atomic mass is 16.6. The van der Waals surface area contributed by atoms with Gasteiger partial charge in [0, 0.05) is 39.3 Å². The van der Waals surface area contributed by atoms with Crippen molar-refractivity contribution in [1.29, 1.82) is 0 Å². The standard InChI is InChI=1S/C18H32N6O/c1-23(19)11-9-21-18-6-2-4-14-12-16(7-8-17(14)18)25-22-15-5-3-10-24(20)13-15/h7-8,12,15,18,21-22H,2-6,9-11,13,19-20H2,1H3. The summed E-state index contributed by atoms with van der Waals surface area (Å²) in [6, 6.07) is 7.14. The summed E-state index contributed by atoms with van der Waals surface area (Å²) >= 11 is 0. The molecular formula is C18H32N6O. The minimum absolute atomic E-state index is 0.289. The van der Waals surface area contributed by atoms with Crippen LogP contribution in [0.25, 0.3) is 0 Å². The van der Waals surface area contributed by atoms with Crippen LogP contribution in [0.4, 0.5) is 0 Å². The first-order valence-electron chi connectivity index (χ1n) is 9.36. The van der Waals surface area contributed by atoms with E-state index in [0.717, 1.165) is 51.2 Å². The quantitative estimate of drug-likeness (QED) is 0.425. The lowest BCUT2D eigenvalue weighted by atomic mass is 9.87. The SMILES string of the molecule is CN(N)CCNC1CCCc2cc(ONC3CCCN(N)C3)ccc21. The van der Waals surface area contributed by atoms with Crippen LogP contribution in [-0.2, 0) is 6.42 Å². The molecule has 0 aromatic heterocycles. The topological polar surface area (TPSA) is 91.8 Å². The lowest BCUT2D eigenvalue weighted by molar-refractivity contribution is 0.0946. The average Bonchev–Trinajstić information content (AvgIpc) is 2.60. The Bertz CT molecular complexity index is 552. The monoisotopic (exact) mass is 348 g/mol. The van der Waals surface area contributed by atoms with Crippen molar-refractivity contribution in [2.24, 2.45) is 11.7 Å². The van der Waals surface area contributed by atoms with Crippen molar-refractivity contribution in [2.45, 2.75) is 44.2 Å². The van der Waals surface area contributed by atoms with Crippen LogP contribution in [0.2, 0.25) is 0 Å². The maximum absolute atomic E-state index is 5.88. The normalized spacial score (nSPS) is 24.3. The van der Waals surface area contributed by atoms with Gasteiger partial charge < -0.3 is 10.2 Å². The fraction of sp³-hybridized carbons (Fsp3) is 0.667. The Morgan fingerprint density at radius 2 is 2.20 bits per heavy atom. The maximum atomic E-state index is 5.88. The predicted octanol–water partition coefficient (Wildman–Crippen LogP) is 0.681. The Balaban J connectivity index is 1.55. The zero-order valence-corrected chi connectivity index (χ0v) is 15.2. The lowest BCUT2D eigenvalue weighted by Gasteiger charge is -2.30. The van der Waals surface area contributed by atoms with Gasteiger partial charge in [0.1, 0.15) is 5.75 Å². The summed E-state index contributed by atoms with van der Waals surface area (Å²) in [7, 11) is 1.89. The zero-order chi connectivity index (χ0) is 17.6. The lowest BCUT2D eigenvalue weighted by Crippen LogP contribution is -2.49. The summed E-state index contributed by atoms with van der Waals surface area (Å²) in [6.07, 6.45) is 5.69. The molecule has 1 aliphatic heterocycles. The summed E-state index contributed by atoms with van der Waals surface area (Å²) in [4.78, 5) is 5.83. The molecule has 0 bridgehead atoms. The number of aryl methyl sites for hydroxylation is 1. The number of nitrogens with zero attached hydrogens (tertiary/aromatic N) is 2. The van der Waals surface area contributed by atoms with E-state index in [1.54, 1.807) is 5.01 Å². The average molecular weight is 348 g/mol. The van der Waals surface area contributed by atoms with E-state index in [0.29, 0.717) is 6.04 Å². The molecule has 0 spiro atoms. The Kier molecular flexibility index (Phi) is 6.63. The van der Waals surface area contributed by atoms with Crippen molar-refractivity contribution in [3.05, 3.63) is 29.3 Å². The summed E-state index contributed by atoms with van der Waals surface area (Å²) < 4.78 is 0. The molecule has 7 nitrogen and oxygen atoms in total. The first-order chi connectivity index (χ1) is 12.1. The van der Waals surface area contributed by atoms with Gasteiger partial charge >= 0.3 is 0 Å². The van der Waals surface area contributed by atoms with Gasteiger partial charge in [-0.3, -0.25) is 11.7 Å². The molecular weight excluding hydrogens is 316 g/mol. The molecule has 2 atom stereocenters. The third-order valence-corrected chi connectivity index (χ3v) is 5.08. The minimum Gasteiger partial charge on any atom is -0.408 e. The molecule has 0 saturated carbocycles. The molecule has 1 saturated heterocycles. The third kappa shape index (κ3) is 5.37. The van der Waals surface area contributed by atoms with Crippen molar-refractivity contribution < 1.29 is 4.84 Å². The van der Waals surface area contributed by atoms with Gasteiger partial charge in [-0.05, 0) is 55.4 Å². The van der Waals surface area contributed by atoms with Crippen molar-refractivity contribution in [2.75, 3.05) is 33.2 Å². The number of hydroxylamine groups is 1. The van der Waals surface area contributed by atoms with E-state index < -0.39 is 0 Å². The van der Waals surface area contributed by atoms with E-state index >= 15 is 0 Å². The molecule has 3 rings (SSSR count). The predicted molar refractivity (Wildman–Crippen MR) is 99.5 cm³/mol. The number of likely N-dealkylation sites (N-methyl/N-ethyl adjacent to an activating group) is 1. The Hall–Kier alpha value is -1.22. The summed E-state index contributed by atoms with van der Waals surface area (Å²) in [5, 5.41) is 7.19. The van der Waals surface area contributed by atoms with Gasteiger partial charge in [0.2, 0.25) is 0 Å². The zero-order valence-electron chi connectivity index (χ0n) is 15.2. The highest BCUT2D eigenvalue weighted by molar-refractivity contribution is 5.39. The molecule has 7 heteroatoms. The molecule has 2 aliphatic rings. The van der Waals surface area contributed by atoms with E-state index in [4.69, 9.17) is 16.5 Å². The summed E-state index contributed by atoms with van der Waals surface area (Å²) in [6.45, 7) is 3.53. The minimum atomic E-state index is 0.289. The number of rotatable bonds is 7. The molecule has 25 heavy (non-hydrogen) atoms. The second-order valence-corrected chi connectivity index (χ2v) is 7.29. The van der Waals surface area contributed by atoms with Crippen molar-refractivity contribution in [3.63, 3.8) is 0 Å². The van der Waals surface area contributed by atoms with Gasteiger partial charge in [-0.15, -0.1) is 0 Å². The highest BCUT2D eigenvalue weighted by Gasteiger charge is 2.21. The van der Waals surface area contributed by atoms with Gasteiger partial charge in [-0.2, -0.15) is 5.48 Å². The molecule has 6 N–H and O–H groups in total. The number of benzene rings is 1. The van der Waals surface area contributed by atoms with Crippen LogP contribution in [0.15, 0.2) is 18.2 Å². The van der Waals surface area contributed by atoms with Crippen LogP contribution in [0, 0.1) is 0 Å². The summed E-state index contributed by atoms with van der Waals surface area (Å²) in [5.41, 5.74) is 5.95. The molecule has 1 fully saturated rings. The van der Waals surface area contributed by atoms with E-state index in [1.165, 1.54) is 24.0 Å². The largest absolute Gasteiger partial charge is 0.408 e. The van der Waals surface area contributed by atoms with Crippen LogP contribution in [0.5, 0.6) is 5.75 Å². The number of hydrazine groups is 2. The first kappa shape index (κ1) is 18.6. The van der Waals surface area contributed by atoms with Gasteiger partial charge in [0.05, 0.1) is 6.04 Å². The molecule has 1 aromatic rings. The van der Waals surface area contributed by atoms with E-state index in [9.17, 15) is 0 Å². The second kappa shape index (κ2) is 8.93. The fourth-order valence-corrected chi connectivity index (χ4v) is 3.74. The fourth-order valence-electron chi connectivity index (χ4n) is 3.74. The van der Waals surface area contributed by atoms with Gasteiger partial charge in [-0.25, -0.2) is 10.0 Å². The molecule has 1 aliphatic carbocycles. The molecule has 1 heterocycles. The third-order valence-electron chi connectivity index (χ3n) is 5.08. The van der Waals surface area contributed by atoms with Gasteiger partial charge in [-0.1, -0.05) is 6.07 Å². The van der Waals surface area contributed by atoms with Crippen molar-refractivity contribution >= 4 is 0 Å². The van der Waals surface area contributed by atoms with Crippen molar-refractivity contribution in [1.82, 2.24) is 20.8 Å². The van der Waals surface area contributed by atoms with Gasteiger partial charge in [0.15, 0.2) is 0 Å². The summed E-state index contributed by atoms with van der Waals surface area (Å²) in [5.74, 6) is 12.4. The number of hydrogen-bond acceptors (Lipinski definition) is 7. The van der Waals surface area contributed by atoms with Crippen LogP contribution in [0.1, 0.15) is 42.9 Å². The maximum Gasteiger partial charge on any atom is 0.147 e. The number of piperidine rings is 1. The Morgan fingerprint density at radius 1 is 1.32 bits per heavy atom. The molecule has 1 aromatic carbocycles. The van der Waals surface area contributed by atoms with Gasteiger partial charge in [0.25, 0.3) is 0 Å². The number of nitrogens with one attached hydrogen (secondary N) is 2. The van der Waals surface area contributed by atoms with E-state index in [-0.39, 0.29) is 6.04 Å². The molecule has 2 unspecified atom stereocenters. The molecule has 0 amide bonds. The van der Waals surface area contributed by atoms with Crippen LogP contribution in [0.3, 0.4) is 0 Å². The highest BCUT2D eigenvalue weighted by Crippen LogP contribution is 2.32. The van der Waals surface area contributed by atoms with Crippen LogP contribution < -0.4 is 27.3 Å². The van der Waals surface area contributed by atoms with Crippen LogP contribution >= 0.6 is 0 Å². The van der Waals surface area contributed by atoms with Crippen LogP contribution in [-0.4, -0.2) is 49.3 Å². The van der Waals surface area contributed by atoms with Crippen molar-refractivity contribution in [3.8, 4) is 5.75 Å². The first-order valence-corrected chi connectivity index (χ1v) is 9.36. The van der Waals surface area contributed by atoms with E-state index in [2.05, 4.69) is 29.0 Å². The number of fused-ring (bicyclic) bond motifs is 1. The Labute approximate surface area is 150 Å².